The summed E-state index contributed by atoms with van der Waals surface area (Å²) in [6.45, 7) is 5.54. The summed E-state index contributed by atoms with van der Waals surface area (Å²) >= 11 is 6.11. The molecule has 0 unspecified atom stereocenters. The second kappa shape index (κ2) is 3.49. The number of aryl methyl sites for hydroxylation is 1. The van der Waals surface area contributed by atoms with Gasteiger partial charge in [0.05, 0.1) is 15.8 Å². The van der Waals surface area contributed by atoms with Gasteiger partial charge in [-0.2, -0.15) is 0 Å². The molecule has 0 aliphatic heterocycles. The summed E-state index contributed by atoms with van der Waals surface area (Å²) < 4.78 is 0. The number of aromatic nitrogens is 2. The zero-order valence-corrected chi connectivity index (χ0v) is 9.95. The van der Waals surface area contributed by atoms with E-state index in [2.05, 4.69) is 10.2 Å². The Morgan fingerprint density at radius 2 is 1.31 bits per heavy atom. The summed E-state index contributed by atoms with van der Waals surface area (Å²) in [6.07, 6.45) is 0. The van der Waals surface area contributed by atoms with Gasteiger partial charge in [0.2, 0.25) is 0 Å². The predicted octanol–water partition coefficient (Wildman–Crippen LogP) is 1.80. The highest BCUT2D eigenvalue weighted by Crippen LogP contribution is 2.28. The van der Waals surface area contributed by atoms with E-state index in [1.807, 2.05) is 20.8 Å². The van der Waals surface area contributed by atoms with Crippen LogP contribution in [0.15, 0.2) is 9.59 Å². The van der Waals surface area contributed by atoms with Crippen LogP contribution < -0.4 is 11.1 Å². The first-order valence-electron chi connectivity index (χ1n) is 4.85. The second-order valence-corrected chi connectivity index (χ2v) is 4.23. The van der Waals surface area contributed by atoms with Gasteiger partial charge in [0.15, 0.2) is 0 Å². The van der Waals surface area contributed by atoms with E-state index in [0.29, 0.717) is 10.4 Å². The fraction of sp³-hybridized carbons (Fsp3) is 0.273. The Bertz CT molecular complexity index is 637. The highest BCUT2D eigenvalue weighted by molar-refractivity contribution is 6.36. The third kappa shape index (κ3) is 1.30. The van der Waals surface area contributed by atoms with Crippen LogP contribution in [0.4, 0.5) is 0 Å². The first kappa shape index (κ1) is 11.0. The maximum atomic E-state index is 11.7. The fourth-order valence-electron chi connectivity index (χ4n) is 1.85. The van der Waals surface area contributed by atoms with Crippen molar-refractivity contribution >= 4 is 22.4 Å². The number of hydrogen-bond donors (Lipinski definition) is 2. The summed E-state index contributed by atoms with van der Waals surface area (Å²) in [4.78, 5) is 23.3. The predicted molar refractivity (Wildman–Crippen MR) is 64.4 cm³/mol. The van der Waals surface area contributed by atoms with Crippen molar-refractivity contribution in [3.8, 4) is 0 Å². The van der Waals surface area contributed by atoms with Crippen molar-refractivity contribution in [1.29, 1.82) is 0 Å². The van der Waals surface area contributed by atoms with Crippen molar-refractivity contribution in [2.24, 2.45) is 0 Å². The van der Waals surface area contributed by atoms with Gasteiger partial charge in [-0.25, -0.2) is 0 Å². The molecule has 0 bridgehead atoms. The van der Waals surface area contributed by atoms with Crippen molar-refractivity contribution in [2.75, 3.05) is 0 Å². The topological polar surface area (TPSA) is 65.7 Å². The van der Waals surface area contributed by atoms with Crippen molar-refractivity contribution < 1.29 is 0 Å². The zero-order chi connectivity index (χ0) is 12.0. The van der Waals surface area contributed by atoms with E-state index in [-0.39, 0.29) is 16.5 Å². The van der Waals surface area contributed by atoms with Crippen LogP contribution in [0.25, 0.3) is 10.8 Å². The average molecular weight is 239 g/mol. The summed E-state index contributed by atoms with van der Waals surface area (Å²) in [6, 6.07) is 0. The van der Waals surface area contributed by atoms with Gasteiger partial charge in [-0.15, -0.1) is 0 Å². The van der Waals surface area contributed by atoms with Crippen LogP contribution in [0.2, 0.25) is 5.02 Å². The van der Waals surface area contributed by atoms with E-state index >= 15 is 0 Å². The molecule has 16 heavy (non-hydrogen) atoms. The summed E-state index contributed by atoms with van der Waals surface area (Å²) in [5, 5.41) is 5.58. The number of aromatic amines is 2. The number of rotatable bonds is 0. The van der Waals surface area contributed by atoms with Crippen molar-refractivity contribution in [3.63, 3.8) is 0 Å². The lowest BCUT2D eigenvalue weighted by atomic mass is 9.98. The Balaban J connectivity index is 3.28. The van der Waals surface area contributed by atoms with Gasteiger partial charge in [-0.05, 0) is 37.5 Å². The molecule has 0 saturated carbocycles. The number of halogens is 1. The van der Waals surface area contributed by atoms with E-state index in [1.165, 1.54) is 0 Å². The minimum atomic E-state index is -0.370. The van der Waals surface area contributed by atoms with Crippen LogP contribution in [0.1, 0.15) is 16.7 Å². The van der Waals surface area contributed by atoms with Gasteiger partial charge < -0.3 is 0 Å². The Kier molecular flexibility index (Phi) is 2.39. The van der Waals surface area contributed by atoms with Crippen LogP contribution >= 0.6 is 11.6 Å². The Morgan fingerprint density at radius 3 is 1.88 bits per heavy atom. The Hall–Kier alpha value is -1.55. The van der Waals surface area contributed by atoms with E-state index in [1.54, 1.807) is 0 Å². The third-order valence-electron chi connectivity index (χ3n) is 3.04. The minimum Gasteiger partial charge on any atom is -0.267 e. The van der Waals surface area contributed by atoms with Crippen LogP contribution in [0, 0.1) is 20.8 Å². The molecule has 0 spiro atoms. The summed E-state index contributed by atoms with van der Waals surface area (Å²) in [5.74, 6) is 0. The SMILES string of the molecule is Cc1c(C)c(Cl)c2c(=O)[nH][nH]c(=O)c2c1C. The van der Waals surface area contributed by atoms with Crippen molar-refractivity contribution in [3.05, 3.63) is 42.4 Å². The average Bonchev–Trinajstić information content (AvgIpc) is 2.26. The van der Waals surface area contributed by atoms with Gasteiger partial charge in [-0.1, -0.05) is 11.6 Å². The molecular formula is C11H11ClN2O2. The quantitative estimate of drug-likeness (QED) is 0.735. The molecule has 0 atom stereocenters. The van der Waals surface area contributed by atoms with Crippen LogP contribution in [0.5, 0.6) is 0 Å². The first-order valence-corrected chi connectivity index (χ1v) is 5.23. The van der Waals surface area contributed by atoms with Crippen LogP contribution in [-0.4, -0.2) is 10.2 Å². The van der Waals surface area contributed by atoms with Crippen molar-refractivity contribution in [2.45, 2.75) is 20.8 Å². The number of nitrogens with one attached hydrogen (secondary N) is 2. The van der Waals surface area contributed by atoms with Gasteiger partial charge in [0.1, 0.15) is 0 Å². The lowest BCUT2D eigenvalue weighted by molar-refractivity contribution is 0.973. The molecule has 2 rings (SSSR count). The molecule has 2 aromatic rings. The second-order valence-electron chi connectivity index (χ2n) is 3.85. The molecule has 0 aliphatic rings. The lowest BCUT2D eigenvalue weighted by Crippen LogP contribution is -2.21. The van der Waals surface area contributed by atoms with Gasteiger partial charge >= 0.3 is 0 Å². The zero-order valence-electron chi connectivity index (χ0n) is 9.19. The molecule has 1 aromatic heterocycles. The first-order chi connectivity index (χ1) is 7.45. The summed E-state index contributed by atoms with van der Waals surface area (Å²) in [5.41, 5.74) is 1.88. The van der Waals surface area contributed by atoms with E-state index in [9.17, 15) is 9.59 Å². The number of fused-ring (bicyclic) bond motifs is 1. The molecule has 1 heterocycles. The Morgan fingerprint density at radius 1 is 0.812 bits per heavy atom. The largest absolute Gasteiger partial charge is 0.272 e. The van der Waals surface area contributed by atoms with Gasteiger partial charge in [0, 0.05) is 0 Å². The van der Waals surface area contributed by atoms with E-state index < -0.39 is 0 Å². The normalized spacial score (nSPS) is 11.0. The van der Waals surface area contributed by atoms with Crippen molar-refractivity contribution in [1.82, 2.24) is 10.2 Å². The molecule has 0 aliphatic carbocycles. The molecule has 0 amide bonds. The summed E-state index contributed by atoms with van der Waals surface area (Å²) in [7, 11) is 0. The number of H-pyrrole nitrogens is 2. The number of hydrogen-bond acceptors (Lipinski definition) is 2. The molecule has 4 nitrogen and oxygen atoms in total. The molecule has 5 heteroatoms. The smallest absolute Gasteiger partial charge is 0.267 e. The minimum absolute atomic E-state index is 0.269. The molecule has 2 N–H and O–H groups in total. The van der Waals surface area contributed by atoms with Crippen LogP contribution in [-0.2, 0) is 0 Å². The molecule has 84 valence electrons. The maximum Gasteiger partial charge on any atom is 0.272 e. The van der Waals surface area contributed by atoms with E-state index in [0.717, 1.165) is 16.7 Å². The molecule has 1 aromatic carbocycles. The standard InChI is InChI=1S/C11H11ClN2O2/c1-4-5(2)7-8(9(12)6(4)3)11(16)14-13-10(7)15/h1-3H3,(H,13,15)(H,14,16). The van der Waals surface area contributed by atoms with Crippen LogP contribution in [0.3, 0.4) is 0 Å². The maximum absolute atomic E-state index is 11.7. The Labute approximate surface area is 96.2 Å². The molecule has 0 saturated heterocycles. The highest BCUT2D eigenvalue weighted by Gasteiger charge is 2.15. The lowest BCUT2D eigenvalue weighted by Gasteiger charge is -2.10. The monoisotopic (exact) mass is 238 g/mol. The van der Waals surface area contributed by atoms with Gasteiger partial charge in [-0.3, -0.25) is 19.8 Å². The highest BCUT2D eigenvalue weighted by atomic mass is 35.5. The van der Waals surface area contributed by atoms with E-state index in [4.69, 9.17) is 11.6 Å². The fourth-order valence-corrected chi connectivity index (χ4v) is 2.18. The molecular weight excluding hydrogens is 228 g/mol. The third-order valence-corrected chi connectivity index (χ3v) is 3.51. The molecule has 0 fully saturated rings. The molecule has 0 radical (unpaired) electrons. The number of benzene rings is 1. The van der Waals surface area contributed by atoms with Gasteiger partial charge in [0.25, 0.3) is 11.1 Å².